The van der Waals surface area contributed by atoms with Gasteiger partial charge in [0.15, 0.2) is 0 Å². The van der Waals surface area contributed by atoms with Crippen LogP contribution in [0.5, 0.6) is 0 Å². The second-order valence-electron chi connectivity index (χ2n) is 5.89. The van der Waals surface area contributed by atoms with Crippen LogP contribution in [-0.4, -0.2) is 18.6 Å². The van der Waals surface area contributed by atoms with Crippen LogP contribution in [0.1, 0.15) is 62.7 Å². The van der Waals surface area contributed by atoms with Gasteiger partial charge >= 0.3 is 5.97 Å². The van der Waals surface area contributed by atoms with E-state index in [1.807, 2.05) is 31.2 Å². The maximum Gasteiger partial charge on any atom is 0.340 e. The molecule has 1 aliphatic carbocycles. The first kappa shape index (κ1) is 15.9. The van der Waals surface area contributed by atoms with Crippen molar-refractivity contribution in [3.63, 3.8) is 0 Å². The number of nitrogens with one attached hydrogen (secondary N) is 1. The number of rotatable bonds is 5. The molecule has 1 aromatic rings. The van der Waals surface area contributed by atoms with Crippen molar-refractivity contribution in [3.8, 4) is 0 Å². The van der Waals surface area contributed by atoms with Crippen molar-refractivity contribution in [3.05, 3.63) is 29.8 Å². The normalized spacial score (nSPS) is 22.4. The molecule has 1 aromatic carbocycles. The molecule has 1 fully saturated rings. The van der Waals surface area contributed by atoms with E-state index < -0.39 is 0 Å². The molecule has 3 heteroatoms. The van der Waals surface area contributed by atoms with Crippen LogP contribution in [0, 0.1) is 5.92 Å². The molecule has 2 unspecified atom stereocenters. The molecule has 2 atom stereocenters. The summed E-state index contributed by atoms with van der Waals surface area (Å²) in [7, 11) is 0. The van der Waals surface area contributed by atoms with E-state index in [4.69, 9.17) is 4.74 Å². The molecule has 3 nitrogen and oxygen atoms in total. The third-order valence-electron chi connectivity index (χ3n) is 4.45. The van der Waals surface area contributed by atoms with E-state index in [-0.39, 0.29) is 5.97 Å². The van der Waals surface area contributed by atoms with E-state index in [2.05, 4.69) is 12.2 Å². The Kier molecular flexibility index (Phi) is 6.09. The zero-order valence-corrected chi connectivity index (χ0v) is 13.2. The third-order valence-corrected chi connectivity index (χ3v) is 4.45. The predicted octanol–water partition coefficient (Wildman–Crippen LogP) is 4.63. The number of carbonyl (C=O) groups is 1. The van der Waals surface area contributed by atoms with Gasteiger partial charge in [-0.2, -0.15) is 0 Å². The summed E-state index contributed by atoms with van der Waals surface area (Å²) in [6.45, 7) is 4.54. The molecular weight excluding hydrogens is 262 g/mol. The number of benzene rings is 1. The fraction of sp³-hybridized carbons (Fsp3) is 0.611. The Morgan fingerprint density at radius 1 is 1.19 bits per heavy atom. The van der Waals surface area contributed by atoms with Crippen molar-refractivity contribution in [2.75, 3.05) is 11.9 Å². The molecule has 1 aliphatic rings. The largest absolute Gasteiger partial charge is 0.462 e. The Morgan fingerprint density at radius 3 is 2.76 bits per heavy atom. The van der Waals surface area contributed by atoms with Crippen LogP contribution in [0.2, 0.25) is 0 Å². The Labute approximate surface area is 128 Å². The molecule has 1 saturated carbocycles. The molecule has 21 heavy (non-hydrogen) atoms. The maximum absolute atomic E-state index is 12.0. The molecule has 0 spiro atoms. The number of esters is 1. The number of hydrogen-bond donors (Lipinski definition) is 1. The van der Waals surface area contributed by atoms with Crippen molar-refractivity contribution in [2.45, 2.75) is 58.4 Å². The van der Waals surface area contributed by atoms with E-state index in [1.54, 1.807) is 0 Å². The van der Waals surface area contributed by atoms with Gasteiger partial charge in [-0.1, -0.05) is 38.3 Å². The van der Waals surface area contributed by atoms with Gasteiger partial charge in [-0.15, -0.1) is 0 Å². The van der Waals surface area contributed by atoms with Gasteiger partial charge in [-0.3, -0.25) is 0 Å². The highest BCUT2D eigenvalue weighted by atomic mass is 16.5. The number of para-hydroxylation sites is 1. The lowest BCUT2D eigenvalue weighted by molar-refractivity contribution is 0.0527. The smallest absolute Gasteiger partial charge is 0.340 e. The molecule has 0 amide bonds. The highest BCUT2D eigenvalue weighted by Crippen LogP contribution is 2.28. The van der Waals surface area contributed by atoms with Gasteiger partial charge in [0.2, 0.25) is 0 Å². The molecule has 0 heterocycles. The van der Waals surface area contributed by atoms with Gasteiger partial charge in [-0.25, -0.2) is 4.79 Å². The van der Waals surface area contributed by atoms with E-state index in [0.717, 1.165) is 11.6 Å². The summed E-state index contributed by atoms with van der Waals surface area (Å²) in [6, 6.07) is 8.14. The first-order chi connectivity index (χ1) is 10.2. The topological polar surface area (TPSA) is 38.3 Å². The molecule has 0 aliphatic heterocycles. The van der Waals surface area contributed by atoms with Crippen LogP contribution >= 0.6 is 0 Å². The minimum atomic E-state index is -0.236. The lowest BCUT2D eigenvalue weighted by atomic mass is 9.98. The van der Waals surface area contributed by atoms with Crippen molar-refractivity contribution in [2.24, 2.45) is 5.92 Å². The number of anilines is 1. The highest BCUT2D eigenvalue weighted by Gasteiger charge is 2.19. The minimum Gasteiger partial charge on any atom is -0.462 e. The van der Waals surface area contributed by atoms with Crippen molar-refractivity contribution in [1.82, 2.24) is 0 Å². The summed E-state index contributed by atoms with van der Waals surface area (Å²) >= 11 is 0. The number of hydrogen-bond acceptors (Lipinski definition) is 3. The van der Waals surface area contributed by atoms with E-state index in [9.17, 15) is 4.79 Å². The van der Waals surface area contributed by atoms with E-state index >= 15 is 0 Å². The fourth-order valence-electron chi connectivity index (χ4n) is 3.15. The lowest BCUT2D eigenvalue weighted by Gasteiger charge is -2.20. The van der Waals surface area contributed by atoms with Crippen LogP contribution in [-0.2, 0) is 4.74 Å². The zero-order valence-electron chi connectivity index (χ0n) is 13.2. The van der Waals surface area contributed by atoms with Gasteiger partial charge < -0.3 is 10.1 Å². The average Bonchev–Trinajstić information content (AvgIpc) is 2.73. The molecular formula is C18H27NO2. The molecule has 0 bridgehead atoms. The van der Waals surface area contributed by atoms with Gasteiger partial charge in [0, 0.05) is 11.7 Å². The molecule has 0 radical (unpaired) electrons. The molecule has 0 saturated heterocycles. The highest BCUT2D eigenvalue weighted by molar-refractivity contribution is 5.95. The van der Waals surface area contributed by atoms with Gasteiger partial charge in [0.05, 0.1) is 12.2 Å². The summed E-state index contributed by atoms with van der Waals surface area (Å²) in [6.07, 6.45) is 7.57. The van der Waals surface area contributed by atoms with Crippen LogP contribution in [0.3, 0.4) is 0 Å². The number of carbonyl (C=O) groups excluding carboxylic acids is 1. The van der Waals surface area contributed by atoms with E-state index in [1.165, 1.54) is 38.5 Å². The van der Waals surface area contributed by atoms with Crippen molar-refractivity contribution in [1.29, 1.82) is 0 Å². The molecule has 1 N–H and O–H groups in total. The van der Waals surface area contributed by atoms with Crippen LogP contribution in [0.25, 0.3) is 0 Å². The summed E-state index contributed by atoms with van der Waals surface area (Å²) in [5, 5.41) is 3.57. The summed E-state index contributed by atoms with van der Waals surface area (Å²) < 4.78 is 5.14. The first-order valence-electron chi connectivity index (χ1n) is 8.27. The quantitative estimate of drug-likeness (QED) is 0.634. The summed E-state index contributed by atoms with van der Waals surface area (Å²) in [5.41, 5.74) is 1.56. The van der Waals surface area contributed by atoms with Gasteiger partial charge in [0.25, 0.3) is 0 Å². The van der Waals surface area contributed by atoms with Gasteiger partial charge in [0.1, 0.15) is 0 Å². The minimum absolute atomic E-state index is 0.236. The Bertz CT molecular complexity index is 458. The fourth-order valence-corrected chi connectivity index (χ4v) is 3.15. The molecule has 116 valence electrons. The van der Waals surface area contributed by atoms with E-state index in [0.29, 0.717) is 18.2 Å². The monoisotopic (exact) mass is 289 g/mol. The van der Waals surface area contributed by atoms with Crippen molar-refractivity contribution < 1.29 is 9.53 Å². The third kappa shape index (κ3) is 4.48. The Morgan fingerprint density at radius 2 is 2.00 bits per heavy atom. The van der Waals surface area contributed by atoms with Crippen LogP contribution in [0.15, 0.2) is 24.3 Å². The Hall–Kier alpha value is -1.51. The SMILES string of the molecule is CCOC(=O)c1ccccc1NC1CCCC(CC)CC1. The standard InChI is InChI=1S/C18H27NO2/c1-3-14-8-7-9-15(13-12-14)19-17-11-6-5-10-16(17)18(20)21-4-2/h5-6,10-11,14-15,19H,3-4,7-9,12-13H2,1-2H3. The molecule has 0 aromatic heterocycles. The Balaban J connectivity index is 2.03. The second-order valence-corrected chi connectivity index (χ2v) is 5.89. The maximum atomic E-state index is 12.0. The zero-order chi connectivity index (χ0) is 15.1. The summed E-state index contributed by atoms with van der Waals surface area (Å²) in [5.74, 6) is 0.637. The predicted molar refractivity (Wildman–Crippen MR) is 86.7 cm³/mol. The van der Waals surface area contributed by atoms with Crippen molar-refractivity contribution >= 4 is 11.7 Å². The summed E-state index contributed by atoms with van der Waals surface area (Å²) in [4.78, 5) is 12.0. The second kappa shape index (κ2) is 8.06. The number of ether oxygens (including phenoxy) is 1. The van der Waals surface area contributed by atoms with Gasteiger partial charge in [-0.05, 0) is 44.2 Å². The molecule has 2 rings (SSSR count). The lowest BCUT2D eigenvalue weighted by Crippen LogP contribution is -2.20. The first-order valence-corrected chi connectivity index (χ1v) is 8.27. The van der Waals surface area contributed by atoms with Crippen LogP contribution in [0.4, 0.5) is 5.69 Å². The average molecular weight is 289 g/mol. The van der Waals surface area contributed by atoms with Crippen LogP contribution < -0.4 is 5.32 Å².